The van der Waals surface area contributed by atoms with Gasteiger partial charge in [-0.1, -0.05) is 116 Å². The summed E-state index contributed by atoms with van der Waals surface area (Å²) in [6.07, 6.45) is 4.99. The standard InChI is InChI=1S/C39H41N3O/c1-2-35(31-17-8-4-9-18-31)41-39(43)37-33-21-12-13-23-36(33)40-38(32-19-10-5-11-20-32)34(37)22-14-26-42-27-24-30(25-28-42)29-15-6-3-7-16-29/h3-13,15-21,23,30,35H,2,14,22,24-28H2,1H3,(H,41,43). The minimum Gasteiger partial charge on any atom is -0.345 e. The summed E-state index contributed by atoms with van der Waals surface area (Å²) < 4.78 is 0. The van der Waals surface area contributed by atoms with E-state index in [0.29, 0.717) is 5.92 Å². The van der Waals surface area contributed by atoms with Crippen molar-refractivity contribution in [2.75, 3.05) is 19.6 Å². The van der Waals surface area contributed by atoms with Gasteiger partial charge in [0.25, 0.3) is 5.91 Å². The van der Waals surface area contributed by atoms with Crippen molar-refractivity contribution in [3.05, 3.63) is 138 Å². The molecule has 4 aromatic carbocycles. The number of para-hydroxylation sites is 1. The Morgan fingerprint density at radius 1 is 0.837 bits per heavy atom. The number of hydrogen-bond donors (Lipinski definition) is 1. The number of nitrogens with zero attached hydrogens (tertiary/aromatic N) is 2. The number of nitrogens with one attached hydrogen (secondary N) is 1. The summed E-state index contributed by atoms with van der Waals surface area (Å²) >= 11 is 0. The van der Waals surface area contributed by atoms with E-state index in [0.717, 1.165) is 77.7 Å². The van der Waals surface area contributed by atoms with Crippen molar-refractivity contribution in [1.29, 1.82) is 0 Å². The van der Waals surface area contributed by atoms with Gasteiger partial charge >= 0.3 is 0 Å². The maximum atomic E-state index is 14.3. The summed E-state index contributed by atoms with van der Waals surface area (Å²) in [5, 5.41) is 4.31. The fourth-order valence-corrected chi connectivity index (χ4v) is 6.62. The molecule has 5 aromatic rings. The van der Waals surface area contributed by atoms with Crippen LogP contribution in [-0.4, -0.2) is 35.4 Å². The number of carbonyl (C=O) groups excluding carboxylic acids is 1. The van der Waals surface area contributed by atoms with Gasteiger partial charge in [-0.05, 0) is 80.4 Å². The van der Waals surface area contributed by atoms with Crippen LogP contribution in [0.4, 0.5) is 0 Å². The Kier molecular flexibility index (Phi) is 9.25. The van der Waals surface area contributed by atoms with Crippen LogP contribution in [0.2, 0.25) is 0 Å². The first-order valence-corrected chi connectivity index (χ1v) is 15.8. The molecular weight excluding hydrogens is 526 g/mol. The molecule has 0 bridgehead atoms. The molecule has 1 aliphatic heterocycles. The van der Waals surface area contributed by atoms with Gasteiger partial charge in [-0.15, -0.1) is 0 Å². The van der Waals surface area contributed by atoms with E-state index in [1.54, 1.807) is 0 Å². The minimum absolute atomic E-state index is 0.0230. The number of pyridine rings is 1. The molecule has 1 unspecified atom stereocenters. The number of piperidine rings is 1. The number of carbonyl (C=O) groups is 1. The van der Waals surface area contributed by atoms with Crippen LogP contribution in [0.1, 0.15) is 71.6 Å². The Labute approximate surface area is 255 Å². The van der Waals surface area contributed by atoms with Crippen LogP contribution in [-0.2, 0) is 6.42 Å². The van der Waals surface area contributed by atoms with Crippen LogP contribution >= 0.6 is 0 Å². The van der Waals surface area contributed by atoms with Crippen molar-refractivity contribution in [2.24, 2.45) is 0 Å². The van der Waals surface area contributed by atoms with Crippen molar-refractivity contribution in [3.8, 4) is 11.3 Å². The molecule has 218 valence electrons. The van der Waals surface area contributed by atoms with Crippen LogP contribution < -0.4 is 5.32 Å². The predicted molar refractivity (Wildman–Crippen MR) is 177 cm³/mol. The third-order valence-electron chi connectivity index (χ3n) is 8.94. The van der Waals surface area contributed by atoms with Gasteiger partial charge in [0.2, 0.25) is 0 Å². The van der Waals surface area contributed by atoms with Gasteiger partial charge in [0.05, 0.1) is 22.8 Å². The topological polar surface area (TPSA) is 45.2 Å². The highest BCUT2D eigenvalue weighted by atomic mass is 16.1. The average Bonchev–Trinajstić information content (AvgIpc) is 3.08. The van der Waals surface area contributed by atoms with E-state index in [9.17, 15) is 4.79 Å². The SMILES string of the molecule is CCC(NC(=O)c1c(CCCN2CCC(c3ccccc3)CC2)c(-c2ccccc2)nc2ccccc12)c1ccccc1. The quantitative estimate of drug-likeness (QED) is 0.184. The molecule has 1 fully saturated rings. The summed E-state index contributed by atoms with van der Waals surface area (Å²) in [6.45, 7) is 5.37. The normalized spacial score (nSPS) is 14.9. The number of fused-ring (bicyclic) bond motifs is 1. The molecule has 4 nitrogen and oxygen atoms in total. The van der Waals surface area contributed by atoms with Gasteiger partial charge in [0.15, 0.2) is 0 Å². The van der Waals surface area contributed by atoms with Crippen molar-refractivity contribution in [2.45, 2.75) is 51.0 Å². The van der Waals surface area contributed by atoms with E-state index in [2.05, 4.69) is 83.9 Å². The molecule has 0 saturated carbocycles. The lowest BCUT2D eigenvalue weighted by Gasteiger charge is -2.32. The summed E-state index contributed by atoms with van der Waals surface area (Å²) in [5.74, 6) is 0.628. The molecule has 0 aliphatic carbocycles. The van der Waals surface area contributed by atoms with Crippen LogP contribution in [0, 0.1) is 0 Å². The Morgan fingerprint density at radius 2 is 1.47 bits per heavy atom. The number of amides is 1. The second kappa shape index (κ2) is 13.8. The van der Waals surface area contributed by atoms with E-state index in [1.165, 1.54) is 18.4 Å². The summed E-state index contributed by atoms with van der Waals surface area (Å²) in [4.78, 5) is 22.0. The third-order valence-corrected chi connectivity index (χ3v) is 8.94. The first-order valence-electron chi connectivity index (χ1n) is 15.8. The molecule has 1 aliphatic rings. The highest BCUT2D eigenvalue weighted by molar-refractivity contribution is 6.09. The van der Waals surface area contributed by atoms with Crippen LogP contribution in [0.3, 0.4) is 0 Å². The number of hydrogen-bond acceptors (Lipinski definition) is 3. The number of aromatic nitrogens is 1. The van der Waals surface area contributed by atoms with E-state index in [1.807, 2.05) is 48.5 Å². The van der Waals surface area contributed by atoms with E-state index in [-0.39, 0.29) is 11.9 Å². The molecule has 2 heterocycles. The summed E-state index contributed by atoms with van der Waals surface area (Å²) in [6, 6.07) is 39.6. The zero-order valence-electron chi connectivity index (χ0n) is 25.1. The van der Waals surface area contributed by atoms with Crippen LogP contribution in [0.5, 0.6) is 0 Å². The maximum Gasteiger partial charge on any atom is 0.252 e. The van der Waals surface area contributed by atoms with Crippen LogP contribution in [0.15, 0.2) is 115 Å². The molecule has 1 amide bonds. The molecule has 43 heavy (non-hydrogen) atoms. The zero-order chi connectivity index (χ0) is 29.4. The predicted octanol–water partition coefficient (Wildman–Crippen LogP) is 8.60. The first kappa shape index (κ1) is 28.8. The molecule has 0 spiro atoms. The van der Waals surface area contributed by atoms with Crippen molar-refractivity contribution in [1.82, 2.24) is 15.2 Å². The Hall–Kier alpha value is -4.28. The maximum absolute atomic E-state index is 14.3. The molecule has 6 rings (SSSR count). The molecule has 0 radical (unpaired) electrons. The van der Waals surface area contributed by atoms with Crippen molar-refractivity contribution >= 4 is 16.8 Å². The lowest BCUT2D eigenvalue weighted by atomic mass is 9.89. The zero-order valence-corrected chi connectivity index (χ0v) is 25.1. The molecule has 1 N–H and O–H groups in total. The average molecular weight is 568 g/mol. The third kappa shape index (κ3) is 6.71. The number of likely N-dealkylation sites (tertiary alicyclic amines) is 1. The number of benzene rings is 4. The largest absolute Gasteiger partial charge is 0.345 e. The molecule has 1 atom stereocenters. The lowest BCUT2D eigenvalue weighted by molar-refractivity contribution is 0.0936. The summed E-state index contributed by atoms with van der Waals surface area (Å²) in [7, 11) is 0. The van der Waals surface area contributed by atoms with E-state index >= 15 is 0 Å². The fourth-order valence-electron chi connectivity index (χ4n) is 6.62. The van der Waals surface area contributed by atoms with Crippen molar-refractivity contribution in [3.63, 3.8) is 0 Å². The molecule has 4 heteroatoms. The molecule has 1 saturated heterocycles. The van der Waals surface area contributed by atoms with Gasteiger partial charge in [-0.25, -0.2) is 4.98 Å². The second-order valence-corrected chi connectivity index (χ2v) is 11.7. The minimum atomic E-state index is -0.0560. The van der Waals surface area contributed by atoms with Gasteiger partial charge in [0.1, 0.15) is 0 Å². The Bertz CT molecular complexity index is 1630. The van der Waals surface area contributed by atoms with Gasteiger partial charge in [0, 0.05) is 10.9 Å². The Balaban J connectivity index is 1.28. The first-order chi connectivity index (χ1) is 21.2. The smallest absolute Gasteiger partial charge is 0.252 e. The Morgan fingerprint density at radius 3 is 2.16 bits per heavy atom. The lowest BCUT2D eigenvalue weighted by Crippen LogP contribution is -2.34. The van der Waals surface area contributed by atoms with Crippen LogP contribution in [0.25, 0.3) is 22.2 Å². The van der Waals surface area contributed by atoms with E-state index < -0.39 is 0 Å². The summed E-state index contributed by atoms with van der Waals surface area (Å²) in [5.41, 5.74) is 7.22. The number of rotatable bonds is 10. The molecule has 1 aromatic heterocycles. The van der Waals surface area contributed by atoms with Crippen molar-refractivity contribution < 1.29 is 4.79 Å². The highest BCUT2D eigenvalue weighted by Crippen LogP contribution is 2.33. The molecular formula is C39H41N3O. The fraction of sp³-hybridized carbons (Fsp3) is 0.282. The monoisotopic (exact) mass is 567 g/mol. The van der Waals surface area contributed by atoms with Gasteiger partial charge < -0.3 is 10.2 Å². The highest BCUT2D eigenvalue weighted by Gasteiger charge is 2.25. The van der Waals surface area contributed by atoms with E-state index in [4.69, 9.17) is 4.98 Å². The van der Waals surface area contributed by atoms with Gasteiger partial charge in [-0.2, -0.15) is 0 Å². The second-order valence-electron chi connectivity index (χ2n) is 11.7. The van der Waals surface area contributed by atoms with Gasteiger partial charge in [-0.3, -0.25) is 4.79 Å².